The molecule has 12 heteroatoms. The minimum atomic E-state index is -1.08. The number of nitrogens with zero attached hydrogens (tertiary/aromatic N) is 4. The Balaban J connectivity index is 0.000000230. The number of amidine groups is 2. The lowest BCUT2D eigenvalue weighted by atomic mass is 9.89. The predicted molar refractivity (Wildman–Crippen MR) is 157 cm³/mol. The van der Waals surface area contributed by atoms with Crippen molar-refractivity contribution in [2.75, 3.05) is 0 Å². The molecule has 2 aliphatic heterocycles. The van der Waals surface area contributed by atoms with Crippen molar-refractivity contribution in [1.82, 2.24) is 20.6 Å². The Kier molecular flexibility index (Phi) is 9.29. The van der Waals surface area contributed by atoms with E-state index in [4.69, 9.17) is 0 Å². The van der Waals surface area contributed by atoms with Crippen LogP contribution in [0.2, 0.25) is 0 Å². The van der Waals surface area contributed by atoms with E-state index in [0.717, 1.165) is 11.1 Å². The molecule has 2 aliphatic rings. The normalized spacial score (nSPS) is 21.4. The van der Waals surface area contributed by atoms with Gasteiger partial charge in [-0.3, -0.25) is 19.6 Å². The summed E-state index contributed by atoms with van der Waals surface area (Å²) in [4.78, 5) is 64.3. The fourth-order valence-electron chi connectivity index (χ4n) is 4.20. The number of amides is 2. The highest BCUT2D eigenvalue weighted by Crippen LogP contribution is 2.28. The molecular weight excluding hydrogens is 540 g/mol. The van der Waals surface area contributed by atoms with Crippen molar-refractivity contribution >= 4 is 35.4 Å². The molecule has 0 fully saturated rings. The van der Waals surface area contributed by atoms with Gasteiger partial charge in [0.1, 0.15) is 22.5 Å². The van der Waals surface area contributed by atoms with E-state index in [1.807, 2.05) is 41.5 Å². The molecule has 0 saturated carbocycles. The molecule has 2 atom stereocenters. The van der Waals surface area contributed by atoms with E-state index in [0.29, 0.717) is 12.8 Å². The summed E-state index contributed by atoms with van der Waals surface area (Å²) in [6.45, 7) is 14.9. The summed E-state index contributed by atoms with van der Waals surface area (Å²) in [5, 5.41) is 24.0. The summed E-state index contributed by atoms with van der Waals surface area (Å²) in [5.74, 6) is -2.16. The van der Waals surface area contributed by atoms with Gasteiger partial charge in [0, 0.05) is 12.4 Å². The van der Waals surface area contributed by atoms with Crippen LogP contribution in [-0.4, -0.2) is 66.7 Å². The molecule has 2 amide bonds. The number of nitrogens with one attached hydrogen (secondary N) is 2. The van der Waals surface area contributed by atoms with Crippen LogP contribution in [0.15, 0.2) is 34.5 Å². The standard InChI is InChI=1S/2C15H19N3O3/c2*1-5-9-6-10(13(19)20)11(16-7-9)12-17-14(21)15(4,18-12)8(2)3/h2*6-8H,5H2,1-4H3,(H,19,20)(H,17,18,21). The zero-order valence-corrected chi connectivity index (χ0v) is 25.2. The Labute approximate surface area is 244 Å². The third-order valence-corrected chi connectivity index (χ3v) is 7.93. The fourth-order valence-corrected chi connectivity index (χ4v) is 4.20. The second-order valence-electron chi connectivity index (χ2n) is 11.2. The molecule has 224 valence electrons. The van der Waals surface area contributed by atoms with Gasteiger partial charge < -0.3 is 20.8 Å². The van der Waals surface area contributed by atoms with Crippen LogP contribution >= 0.6 is 0 Å². The van der Waals surface area contributed by atoms with Gasteiger partial charge in [0.25, 0.3) is 11.8 Å². The van der Waals surface area contributed by atoms with Gasteiger partial charge in [0.15, 0.2) is 11.7 Å². The summed E-state index contributed by atoms with van der Waals surface area (Å²) in [7, 11) is 0. The van der Waals surface area contributed by atoms with Crippen molar-refractivity contribution in [3.63, 3.8) is 0 Å². The first-order valence-corrected chi connectivity index (χ1v) is 13.9. The maximum atomic E-state index is 12.1. The number of aromatic carboxylic acids is 2. The Morgan fingerprint density at radius 1 is 0.738 bits per heavy atom. The second kappa shape index (κ2) is 12.2. The number of hydrogen-bond acceptors (Lipinski definition) is 8. The smallest absolute Gasteiger partial charge is 0.338 e. The SMILES string of the molecule is CCc1cnc(C2=NC(C)(C(C)C)C(=O)N2)c(C(=O)O)c1.CCc1cnc(C2=NC(C)(C(C)C)C(=O)N2)c(C(=O)O)c1. The Bertz CT molecular complexity index is 1390. The van der Waals surface area contributed by atoms with Crippen LogP contribution in [0.5, 0.6) is 0 Å². The number of pyridine rings is 2. The average molecular weight is 579 g/mol. The molecule has 0 saturated heterocycles. The van der Waals surface area contributed by atoms with Crippen molar-refractivity contribution in [2.45, 2.75) is 79.3 Å². The van der Waals surface area contributed by atoms with E-state index < -0.39 is 23.0 Å². The third-order valence-electron chi connectivity index (χ3n) is 7.93. The van der Waals surface area contributed by atoms with Crippen LogP contribution < -0.4 is 10.6 Å². The van der Waals surface area contributed by atoms with Crippen LogP contribution in [-0.2, 0) is 22.4 Å². The van der Waals surface area contributed by atoms with E-state index in [1.165, 1.54) is 0 Å². The van der Waals surface area contributed by atoms with E-state index in [9.17, 15) is 29.4 Å². The monoisotopic (exact) mass is 578 g/mol. The number of rotatable bonds is 8. The first kappa shape index (κ1) is 32.0. The third kappa shape index (κ3) is 6.07. The molecule has 0 radical (unpaired) electrons. The average Bonchev–Trinajstić information content (AvgIpc) is 3.44. The van der Waals surface area contributed by atoms with E-state index in [-0.39, 0.29) is 57.8 Å². The molecule has 0 bridgehead atoms. The molecule has 12 nitrogen and oxygen atoms in total. The van der Waals surface area contributed by atoms with Gasteiger partial charge in [-0.25, -0.2) is 19.6 Å². The molecule has 4 N–H and O–H groups in total. The zero-order chi connectivity index (χ0) is 31.6. The minimum Gasteiger partial charge on any atom is -0.478 e. The lowest BCUT2D eigenvalue weighted by Crippen LogP contribution is -2.41. The molecular formula is C30H38N6O6. The van der Waals surface area contributed by atoms with E-state index in [2.05, 4.69) is 30.6 Å². The number of carbonyl (C=O) groups is 4. The van der Waals surface area contributed by atoms with Gasteiger partial charge in [-0.05, 0) is 61.8 Å². The number of carboxylic acid groups (broad SMARTS) is 2. The summed E-state index contributed by atoms with van der Waals surface area (Å²) in [6.07, 6.45) is 4.61. The first-order valence-electron chi connectivity index (χ1n) is 13.9. The summed E-state index contributed by atoms with van der Waals surface area (Å²) >= 11 is 0. The highest BCUT2D eigenvalue weighted by molar-refractivity contribution is 6.18. The van der Waals surface area contributed by atoms with Gasteiger partial charge in [-0.15, -0.1) is 0 Å². The molecule has 0 spiro atoms. The lowest BCUT2D eigenvalue weighted by molar-refractivity contribution is -0.125. The van der Waals surface area contributed by atoms with Crippen molar-refractivity contribution < 1.29 is 29.4 Å². The topological polar surface area (TPSA) is 183 Å². The van der Waals surface area contributed by atoms with Gasteiger partial charge >= 0.3 is 11.9 Å². The largest absolute Gasteiger partial charge is 0.478 e. The molecule has 2 unspecified atom stereocenters. The van der Waals surface area contributed by atoms with Gasteiger partial charge in [0.05, 0.1) is 11.1 Å². The zero-order valence-electron chi connectivity index (χ0n) is 25.2. The summed E-state index contributed by atoms with van der Waals surface area (Å²) in [5.41, 5.74) is 0.393. The number of aliphatic imine (C=N–C) groups is 2. The maximum Gasteiger partial charge on any atom is 0.338 e. The Morgan fingerprint density at radius 3 is 1.31 bits per heavy atom. The maximum absolute atomic E-state index is 12.1. The Hall–Kier alpha value is -4.48. The fraction of sp³-hybridized carbons (Fsp3) is 0.467. The molecule has 2 aromatic heterocycles. The quantitative estimate of drug-likeness (QED) is 0.368. The minimum absolute atomic E-state index is 0.00167. The number of carboxylic acids is 2. The van der Waals surface area contributed by atoms with Gasteiger partial charge in [-0.1, -0.05) is 41.5 Å². The predicted octanol–water partition coefficient (Wildman–Crippen LogP) is 3.27. The number of carbonyl (C=O) groups excluding carboxylic acids is 2. The summed E-state index contributed by atoms with van der Waals surface area (Å²) in [6, 6.07) is 3.15. The highest BCUT2D eigenvalue weighted by atomic mass is 16.4. The van der Waals surface area contributed by atoms with Crippen molar-refractivity contribution in [2.24, 2.45) is 21.8 Å². The molecule has 2 aromatic rings. The molecule has 4 rings (SSSR count). The van der Waals surface area contributed by atoms with Crippen LogP contribution in [0.25, 0.3) is 0 Å². The first-order chi connectivity index (χ1) is 19.6. The van der Waals surface area contributed by atoms with Gasteiger partial charge in [0.2, 0.25) is 0 Å². The van der Waals surface area contributed by atoms with E-state index in [1.54, 1.807) is 38.4 Å². The molecule has 0 aromatic carbocycles. The van der Waals surface area contributed by atoms with Crippen LogP contribution in [0.4, 0.5) is 0 Å². The van der Waals surface area contributed by atoms with Crippen molar-refractivity contribution in [3.8, 4) is 0 Å². The van der Waals surface area contributed by atoms with Crippen LogP contribution in [0.3, 0.4) is 0 Å². The van der Waals surface area contributed by atoms with E-state index >= 15 is 0 Å². The lowest BCUT2D eigenvalue weighted by Gasteiger charge is -2.21. The second-order valence-corrected chi connectivity index (χ2v) is 11.2. The van der Waals surface area contributed by atoms with Crippen molar-refractivity contribution in [1.29, 1.82) is 0 Å². The van der Waals surface area contributed by atoms with Crippen molar-refractivity contribution in [3.05, 3.63) is 58.2 Å². The number of hydrogen-bond donors (Lipinski definition) is 4. The summed E-state index contributed by atoms with van der Waals surface area (Å²) < 4.78 is 0. The van der Waals surface area contributed by atoms with Crippen LogP contribution in [0, 0.1) is 11.8 Å². The molecule has 42 heavy (non-hydrogen) atoms. The number of aromatic nitrogens is 2. The highest BCUT2D eigenvalue weighted by Gasteiger charge is 2.44. The van der Waals surface area contributed by atoms with Gasteiger partial charge in [-0.2, -0.15) is 0 Å². The molecule has 4 heterocycles. The Morgan fingerprint density at radius 2 is 1.07 bits per heavy atom. The van der Waals surface area contributed by atoms with Crippen LogP contribution in [0.1, 0.15) is 98.6 Å². The molecule has 0 aliphatic carbocycles. The number of aryl methyl sites for hydroxylation is 2.